The second-order valence-corrected chi connectivity index (χ2v) is 5.56. The minimum absolute atomic E-state index is 0.353. The van der Waals surface area contributed by atoms with E-state index in [-0.39, 0.29) is 0 Å². The predicted molar refractivity (Wildman–Crippen MR) is 89.0 cm³/mol. The summed E-state index contributed by atoms with van der Waals surface area (Å²) < 4.78 is 8.38. The Labute approximate surface area is 134 Å². The van der Waals surface area contributed by atoms with Crippen molar-refractivity contribution in [3.05, 3.63) is 70.3 Å². The molecule has 0 amide bonds. The SMILES string of the molecule is Cc1ccc(C)c(OCc2n[nH]c(=S)n2-c2ccccc2)c1. The predicted octanol–water partition coefficient (Wildman–Crippen LogP) is 4.13. The van der Waals surface area contributed by atoms with Crippen LogP contribution in [0.4, 0.5) is 0 Å². The summed E-state index contributed by atoms with van der Waals surface area (Å²) in [6.45, 7) is 4.43. The summed E-state index contributed by atoms with van der Waals surface area (Å²) in [5, 5.41) is 7.11. The molecule has 1 N–H and O–H groups in total. The molecule has 0 saturated heterocycles. The van der Waals surface area contributed by atoms with Gasteiger partial charge < -0.3 is 4.74 Å². The zero-order valence-electron chi connectivity index (χ0n) is 12.5. The first-order chi connectivity index (χ1) is 10.6. The van der Waals surface area contributed by atoms with Crippen molar-refractivity contribution in [2.45, 2.75) is 20.5 Å². The van der Waals surface area contributed by atoms with Crippen LogP contribution in [0.2, 0.25) is 0 Å². The molecule has 4 nitrogen and oxygen atoms in total. The maximum absolute atomic E-state index is 5.93. The van der Waals surface area contributed by atoms with Gasteiger partial charge in [0.1, 0.15) is 12.4 Å². The van der Waals surface area contributed by atoms with Crippen molar-refractivity contribution in [1.29, 1.82) is 0 Å². The highest BCUT2D eigenvalue weighted by Gasteiger charge is 2.09. The van der Waals surface area contributed by atoms with E-state index in [9.17, 15) is 0 Å². The maximum atomic E-state index is 5.93. The number of aromatic nitrogens is 3. The molecule has 2 aromatic carbocycles. The van der Waals surface area contributed by atoms with Crippen molar-refractivity contribution in [3.63, 3.8) is 0 Å². The van der Waals surface area contributed by atoms with Gasteiger partial charge in [-0.25, -0.2) is 0 Å². The van der Waals surface area contributed by atoms with Crippen molar-refractivity contribution in [2.24, 2.45) is 0 Å². The Morgan fingerprint density at radius 3 is 2.68 bits per heavy atom. The lowest BCUT2D eigenvalue weighted by molar-refractivity contribution is 0.291. The van der Waals surface area contributed by atoms with E-state index in [4.69, 9.17) is 17.0 Å². The Balaban J connectivity index is 1.88. The summed E-state index contributed by atoms with van der Waals surface area (Å²) in [4.78, 5) is 0. The highest BCUT2D eigenvalue weighted by atomic mass is 32.1. The number of nitrogens with one attached hydrogen (secondary N) is 1. The molecule has 22 heavy (non-hydrogen) atoms. The summed E-state index contributed by atoms with van der Waals surface area (Å²) in [5.41, 5.74) is 3.24. The number of benzene rings is 2. The molecule has 0 aliphatic rings. The maximum Gasteiger partial charge on any atom is 0.199 e. The fourth-order valence-electron chi connectivity index (χ4n) is 2.27. The van der Waals surface area contributed by atoms with Gasteiger partial charge >= 0.3 is 0 Å². The topological polar surface area (TPSA) is 42.8 Å². The monoisotopic (exact) mass is 311 g/mol. The summed E-state index contributed by atoms with van der Waals surface area (Å²) in [7, 11) is 0. The van der Waals surface area contributed by atoms with Gasteiger partial charge in [-0.3, -0.25) is 9.67 Å². The van der Waals surface area contributed by atoms with E-state index in [1.165, 1.54) is 5.56 Å². The summed E-state index contributed by atoms with van der Waals surface area (Å²) in [6, 6.07) is 16.1. The molecule has 3 rings (SSSR count). The number of hydrogen-bond donors (Lipinski definition) is 1. The van der Waals surface area contributed by atoms with E-state index in [0.717, 1.165) is 22.8 Å². The van der Waals surface area contributed by atoms with Gasteiger partial charge in [0.2, 0.25) is 0 Å². The lowest BCUT2D eigenvalue weighted by atomic mass is 10.1. The van der Waals surface area contributed by atoms with E-state index in [2.05, 4.69) is 22.3 Å². The van der Waals surface area contributed by atoms with E-state index in [1.54, 1.807) is 0 Å². The molecule has 0 aliphatic heterocycles. The smallest absolute Gasteiger partial charge is 0.199 e. The third-order valence-electron chi connectivity index (χ3n) is 3.46. The molecule has 112 valence electrons. The van der Waals surface area contributed by atoms with Crippen molar-refractivity contribution in [2.75, 3.05) is 0 Å². The van der Waals surface area contributed by atoms with Gasteiger partial charge in [0.05, 0.1) is 0 Å². The number of hydrogen-bond acceptors (Lipinski definition) is 3. The second kappa shape index (κ2) is 6.15. The number of aryl methyl sites for hydroxylation is 2. The average molecular weight is 311 g/mol. The standard InChI is InChI=1S/C17H17N3OS/c1-12-8-9-13(2)15(10-12)21-11-16-18-19-17(22)20(16)14-6-4-3-5-7-14/h3-10H,11H2,1-2H3,(H,19,22). The van der Waals surface area contributed by atoms with E-state index < -0.39 is 0 Å². The van der Waals surface area contributed by atoms with Gasteiger partial charge in [-0.05, 0) is 55.4 Å². The number of para-hydroxylation sites is 1. The van der Waals surface area contributed by atoms with Crippen LogP contribution in [0.3, 0.4) is 0 Å². The molecular formula is C17H17N3OS. The van der Waals surface area contributed by atoms with Crippen molar-refractivity contribution < 1.29 is 4.74 Å². The van der Waals surface area contributed by atoms with Crippen molar-refractivity contribution >= 4 is 12.2 Å². The zero-order valence-corrected chi connectivity index (χ0v) is 13.4. The normalized spacial score (nSPS) is 10.6. The van der Waals surface area contributed by atoms with Gasteiger partial charge in [-0.15, -0.1) is 0 Å². The minimum atomic E-state index is 0.353. The lowest BCUT2D eigenvalue weighted by Crippen LogP contribution is -2.06. The quantitative estimate of drug-likeness (QED) is 0.737. The van der Waals surface area contributed by atoms with Crippen LogP contribution >= 0.6 is 12.2 Å². The Kier molecular flexibility index (Phi) is 4.06. The largest absolute Gasteiger partial charge is 0.485 e. The fourth-order valence-corrected chi connectivity index (χ4v) is 2.53. The molecule has 1 aromatic heterocycles. The van der Waals surface area contributed by atoms with Gasteiger partial charge in [-0.1, -0.05) is 30.3 Å². The highest BCUT2D eigenvalue weighted by Crippen LogP contribution is 2.20. The Bertz CT molecular complexity index is 837. The highest BCUT2D eigenvalue weighted by molar-refractivity contribution is 7.71. The van der Waals surface area contributed by atoms with Crippen LogP contribution in [-0.4, -0.2) is 14.8 Å². The Morgan fingerprint density at radius 2 is 1.91 bits per heavy atom. The molecule has 0 aliphatic carbocycles. The molecule has 0 spiro atoms. The molecule has 0 saturated carbocycles. The van der Waals surface area contributed by atoms with Crippen molar-refractivity contribution in [1.82, 2.24) is 14.8 Å². The molecule has 0 unspecified atom stereocenters. The third kappa shape index (κ3) is 2.94. The Morgan fingerprint density at radius 1 is 1.14 bits per heavy atom. The molecule has 0 atom stereocenters. The summed E-state index contributed by atoms with van der Waals surface area (Å²) >= 11 is 5.32. The first kappa shape index (κ1) is 14.5. The van der Waals surface area contributed by atoms with E-state index >= 15 is 0 Å². The van der Waals surface area contributed by atoms with E-state index in [1.807, 2.05) is 54.8 Å². The average Bonchev–Trinajstić information content (AvgIpc) is 2.90. The molecule has 0 fully saturated rings. The number of aromatic amines is 1. The number of H-pyrrole nitrogens is 1. The van der Waals surface area contributed by atoms with Crippen LogP contribution in [-0.2, 0) is 6.61 Å². The van der Waals surface area contributed by atoms with E-state index in [0.29, 0.717) is 11.4 Å². The molecule has 0 radical (unpaired) electrons. The summed E-state index contributed by atoms with van der Waals surface area (Å²) in [6.07, 6.45) is 0. The minimum Gasteiger partial charge on any atom is -0.485 e. The summed E-state index contributed by atoms with van der Waals surface area (Å²) in [5.74, 6) is 1.62. The Hall–Kier alpha value is -2.40. The number of ether oxygens (including phenoxy) is 1. The molecular weight excluding hydrogens is 294 g/mol. The fraction of sp³-hybridized carbons (Fsp3) is 0.176. The zero-order chi connectivity index (χ0) is 15.5. The molecule has 1 heterocycles. The van der Waals surface area contributed by atoms with Crippen LogP contribution in [0.5, 0.6) is 5.75 Å². The number of rotatable bonds is 4. The van der Waals surface area contributed by atoms with Gasteiger partial charge in [0.25, 0.3) is 0 Å². The van der Waals surface area contributed by atoms with Crippen LogP contribution in [0.1, 0.15) is 17.0 Å². The van der Waals surface area contributed by atoms with Crippen LogP contribution in [0.25, 0.3) is 5.69 Å². The molecule has 0 bridgehead atoms. The van der Waals surface area contributed by atoms with Gasteiger partial charge in [0.15, 0.2) is 10.6 Å². The van der Waals surface area contributed by atoms with Gasteiger partial charge in [0, 0.05) is 5.69 Å². The van der Waals surface area contributed by atoms with Crippen molar-refractivity contribution in [3.8, 4) is 11.4 Å². The second-order valence-electron chi connectivity index (χ2n) is 5.17. The number of nitrogens with zero attached hydrogens (tertiary/aromatic N) is 2. The van der Waals surface area contributed by atoms with Gasteiger partial charge in [-0.2, -0.15) is 5.10 Å². The first-order valence-electron chi connectivity index (χ1n) is 7.07. The van der Waals surface area contributed by atoms with Crippen LogP contribution < -0.4 is 4.74 Å². The third-order valence-corrected chi connectivity index (χ3v) is 3.73. The molecule has 5 heteroatoms. The van der Waals surface area contributed by atoms with Crippen LogP contribution in [0.15, 0.2) is 48.5 Å². The molecule has 3 aromatic rings. The first-order valence-corrected chi connectivity index (χ1v) is 7.48. The van der Waals surface area contributed by atoms with Crippen LogP contribution in [0, 0.1) is 18.6 Å². The lowest BCUT2D eigenvalue weighted by Gasteiger charge is -2.11.